The van der Waals surface area contributed by atoms with Gasteiger partial charge in [0.15, 0.2) is 0 Å². The molecule has 2 heterocycles. The summed E-state index contributed by atoms with van der Waals surface area (Å²) in [7, 11) is 0.958. The number of amides is 1. The van der Waals surface area contributed by atoms with Gasteiger partial charge in [0.1, 0.15) is 11.4 Å². The van der Waals surface area contributed by atoms with Crippen LogP contribution in [0.4, 0.5) is 15.6 Å². The average Bonchev–Trinajstić information content (AvgIpc) is 2.96. The van der Waals surface area contributed by atoms with Crippen molar-refractivity contribution in [3.8, 4) is 5.75 Å². The van der Waals surface area contributed by atoms with Gasteiger partial charge in [-0.2, -0.15) is 4.20 Å². The Morgan fingerprint density at radius 3 is 2.47 bits per heavy atom. The number of allylic oxidation sites excluding steroid dienone is 5. The van der Waals surface area contributed by atoms with Crippen molar-refractivity contribution in [3.05, 3.63) is 94.5 Å². The van der Waals surface area contributed by atoms with Crippen molar-refractivity contribution in [3.63, 3.8) is 0 Å². The summed E-state index contributed by atoms with van der Waals surface area (Å²) in [6.45, 7) is 17.1. The first kappa shape index (κ1) is 32.8. The summed E-state index contributed by atoms with van der Waals surface area (Å²) < 4.78 is 18.4. The van der Waals surface area contributed by atoms with Gasteiger partial charge in [0.05, 0.1) is 0 Å². The molecule has 4 rings (SSSR count). The SMILES string of the molecule is CCC(C)=C1C=C(C)C=CN1C(C(=O)NCc1ccc(N2CCN(c3ccc(OP(C)F)cc3)[C@@H](C)C2)c(P)c1)=C(C)C. The Balaban J connectivity index is 1.40. The minimum atomic E-state index is -1.92. The minimum Gasteiger partial charge on any atom is -0.444 e. The highest BCUT2D eigenvalue weighted by Gasteiger charge is 2.26. The smallest absolute Gasteiger partial charge is 0.272 e. The summed E-state index contributed by atoms with van der Waals surface area (Å²) in [6, 6.07) is 14.4. The molecule has 9 heteroatoms. The summed E-state index contributed by atoms with van der Waals surface area (Å²) in [4.78, 5) is 20.3. The van der Waals surface area contributed by atoms with Crippen molar-refractivity contribution >= 4 is 40.3 Å². The number of carbonyl (C=O) groups excluding carboxylic acids is 1. The van der Waals surface area contributed by atoms with Gasteiger partial charge in [-0.3, -0.25) is 4.79 Å². The molecule has 0 saturated carbocycles. The maximum atomic E-state index is 13.5. The number of rotatable bonds is 9. The van der Waals surface area contributed by atoms with E-state index in [-0.39, 0.29) is 5.91 Å². The Labute approximate surface area is 260 Å². The normalized spacial score (nSPS) is 18.7. The maximum Gasteiger partial charge on any atom is 0.272 e. The Bertz CT molecular complexity index is 1440. The third-order valence-corrected chi connectivity index (χ3v) is 8.85. The van der Waals surface area contributed by atoms with E-state index in [0.29, 0.717) is 24.0 Å². The van der Waals surface area contributed by atoms with E-state index >= 15 is 0 Å². The van der Waals surface area contributed by atoms with E-state index in [2.05, 4.69) is 76.3 Å². The molecule has 230 valence electrons. The van der Waals surface area contributed by atoms with Crippen LogP contribution >= 0.6 is 17.7 Å². The molecule has 6 nitrogen and oxygen atoms in total. The predicted molar refractivity (Wildman–Crippen MR) is 184 cm³/mol. The lowest BCUT2D eigenvalue weighted by Crippen LogP contribution is -2.52. The largest absolute Gasteiger partial charge is 0.444 e. The molecule has 0 bridgehead atoms. The molecular formula is C34H45FN4O2P2. The minimum absolute atomic E-state index is 0.0851. The highest BCUT2D eigenvalue weighted by molar-refractivity contribution is 7.46. The standard InChI is InChI=1S/C34H45FN4O2P2/c1-8-25(5)31-19-24(4)15-16-39(31)33(23(2)3)34(40)36-21-27-9-14-30(32(42)20-27)37-17-18-38(26(6)22-37)28-10-12-29(13-11-28)41-43(7)35/h9-16,19-20,26H,8,17-18,21-22,42H2,1-7H3,(H,36,40)/t26-,43?/m0/s1. The zero-order valence-corrected chi connectivity index (χ0v) is 28.5. The molecule has 0 aliphatic carbocycles. The highest BCUT2D eigenvalue weighted by Crippen LogP contribution is 2.36. The van der Waals surface area contributed by atoms with E-state index in [1.807, 2.05) is 55.3 Å². The quantitative estimate of drug-likeness (QED) is 0.231. The monoisotopic (exact) mass is 622 g/mol. The number of nitrogens with zero attached hydrogens (tertiary/aromatic N) is 3. The van der Waals surface area contributed by atoms with Crippen LogP contribution in [0.2, 0.25) is 0 Å². The van der Waals surface area contributed by atoms with E-state index in [9.17, 15) is 8.99 Å². The Kier molecular flexibility index (Phi) is 11.1. The van der Waals surface area contributed by atoms with Crippen molar-refractivity contribution in [2.24, 2.45) is 0 Å². The zero-order valence-electron chi connectivity index (χ0n) is 26.4. The molecule has 1 fully saturated rings. The van der Waals surface area contributed by atoms with Crippen LogP contribution in [0, 0.1) is 0 Å². The van der Waals surface area contributed by atoms with Crippen LogP contribution in [-0.4, -0.2) is 43.1 Å². The fourth-order valence-electron chi connectivity index (χ4n) is 5.56. The van der Waals surface area contributed by atoms with Crippen LogP contribution in [0.5, 0.6) is 5.75 Å². The first-order valence-electron chi connectivity index (χ1n) is 14.9. The molecule has 2 aromatic rings. The molecule has 43 heavy (non-hydrogen) atoms. The second-order valence-electron chi connectivity index (χ2n) is 11.5. The summed E-state index contributed by atoms with van der Waals surface area (Å²) >= 11 is 0. The summed E-state index contributed by atoms with van der Waals surface area (Å²) in [5, 5.41) is 4.28. The average molecular weight is 623 g/mol. The molecule has 2 unspecified atom stereocenters. The van der Waals surface area contributed by atoms with Gasteiger partial charge in [0.25, 0.3) is 14.4 Å². The highest BCUT2D eigenvalue weighted by atomic mass is 31.2. The predicted octanol–water partition coefficient (Wildman–Crippen LogP) is 7.56. The molecule has 0 aromatic heterocycles. The van der Waals surface area contributed by atoms with Crippen LogP contribution in [0.15, 0.2) is 88.9 Å². The lowest BCUT2D eigenvalue weighted by Gasteiger charge is -2.42. The fourth-order valence-corrected chi connectivity index (χ4v) is 6.46. The van der Waals surface area contributed by atoms with E-state index in [4.69, 9.17) is 4.52 Å². The van der Waals surface area contributed by atoms with Crippen LogP contribution in [0.1, 0.15) is 53.5 Å². The second kappa shape index (κ2) is 14.6. The Morgan fingerprint density at radius 2 is 1.86 bits per heavy atom. The molecule has 0 spiro atoms. The number of carbonyl (C=O) groups is 1. The van der Waals surface area contributed by atoms with Crippen LogP contribution < -0.4 is 24.9 Å². The number of hydrogen-bond donors (Lipinski definition) is 1. The number of benzene rings is 2. The third kappa shape index (κ3) is 8.08. The summed E-state index contributed by atoms with van der Waals surface area (Å²) in [5.41, 5.74) is 8.46. The van der Waals surface area contributed by atoms with E-state index in [1.165, 1.54) is 23.5 Å². The van der Waals surface area contributed by atoms with E-state index < -0.39 is 8.46 Å². The van der Waals surface area contributed by atoms with Crippen molar-refractivity contribution in [1.82, 2.24) is 10.2 Å². The number of piperazine rings is 1. The fraction of sp³-hybridized carbons (Fsp3) is 0.382. The molecule has 1 amide bonds. The maximum absolute atomic E-state index is 13.5. The molecular weight excluding hydrogens is 577 g/mol. The molecule has 2 aliphatic heterocycles. The summed E-state index contributed by atoms with van der Waals surface area (Å²) in [5.74, 6) is 0.481. The molecule has 1 saturated heterocycles. The number of halogens is 1. The van der Waals surface area contributed by atoms with Gasteiger partial charge in [-0.15, -0.1) is 9.24 Å². The van der Waals surface area contributed by atoms with Crippen molar-refractivity contribution in [1.29, 1.82) is 0 Å². The molecule has 3 atom stereocenters. The lowest BCUT2D eigenvalue weighted by atomic mass is 10.0. The third-order valence-electron chi connectivity index (χ3n) is 7.92. The number of hydrogen-bond acceptors (Lipinski definition) is 5. The molecule has 2 aliphatic rings. The van der Waals surface area contributed by atoms with Crippen LogP contribution in [0.3, 0.4) is 0 Å². The zero-order chi connectivity index (χ0) is 31.3. The Morgan fingerprint density at radius 1 is 1.14 bits per heavy atom. The van der Waals surface area contributed by atoms with Gasteiger partial charge in [-0.1, -0.05) is 13.0 Å². The van der Waals surface area contributed by atoms with E-state index in [1.54, 1.807) is 0 Å². The van der Waals surface area contributed by atoms with Gasteiger partial charge in [-0.25, -0.2) is 0 Å². The van der Waals surface area contributed by atoms with Gasteiger partial charge < -0.3 is 24.5 Å². The van der Waals surface area contributed by atoms with Crippen LogP contribution in [-0.2, 0) is 11.3 Å². The van der Waals surface area contributed by atoms with Gasteiger partial charge >= 0.3 is 0 Å². The first-order chi connectivity index (χ1) is 20.5. The van der Waals surface area contributed by atoms with Gasteiger partial charge in [0.2, 0.25) is 0 Å². The van der Waals surface area contributed by atoms with Crippen LogP contribution in [0.25, 0.3) is 0 Å². The van der Waals surface area contributed by atoms with Crippen molar-refractivity contribution in [2.75, 3.05) is 36.1 Å². The molecule has 2 aromatic carbocycles. The number of nitrogens with one attached hydrogen (secondary N) is 1. The topological polar surface area (TPSA) is 48.1 Å². The number of anilines is 2. The van der Waals surface area contributed by atoms with E-state index in [0.717, 1.165) is 53.9 Å². The van der Waals surface area contributed by atoms with Crippen molar-refractivity contribution in [2.45, 2.75) is 60.5 Å². The van der Waals surface area contributed by atoms with Gasteiger partial charge in [0, 0.05) is 62.2 Å². The van der Waals surface area contributed by atoms with Gasteiger partial charge in [-0.05, 0) is 117 Å². The first-order valence-corrected chi connectivity index (χ1v) is 17.0. The lowest BCUT2D eigenvalue weighted by molar-refractivity contribution is -0.118. The molecule has 0 radical (unpaired) electrons. The summed E-state index contributed by atoms with van der Waals surface area (Å²) in [6.07, 6.45) is 7.11. The second-order valence-corrected chi connectivity index (χ2v) is 13.2. The Hall–Kier alpha value is -3.14. The van der Waals surface area contributed by atoms with Crippen molar-refractivity contribution < 1.29 is 13.5 Å². The molecule has 1 N–H and O–H groups in total.